The highest BCUT2D eigenvalue weighted by atomic mass is 32.2. The van der Waals surface area contributed by atoms with E-state index in [1.165, 1.54) is 30.3 Å². The minimum Gasteiger partial charge on any atom is -0.337 e. The molecule has 0 N–H and O–H groups in total. The number of carbonyl (C=O) groups excluding carboxylic acids is 1. The van der Waals surface area contributed by atoms with E-state index in [4.69, 9.17) is 0 Å². The lowest BCUT2D eigenvalue weighted by Crippen LogP contribution is -2.48. The summed E-state index contributed by atoms with van der Waals surface area (Å²) in [6.45, 7) is 4.24. The van der Waals surface area contributed by atoms with Crippen LogP contribution in [0.1, 0.15) is 44.5 Å². The van der Waals surface area contributed by atoms with Gasteiger partial charge in [0.15, 0.2) is 5.16 Å². The number of nitrogens with zero attached hydrogens (tertiary/aromatic N) is 4. The first kappa shape index (κ1) is 21.6. The Bertz CT molecular complexity index is 1010. The van der Waals surface area contributed by atoms with Crippen molar-refractivity contribution >= 4 is 17.7 Å². The van der Waals surface area contributed by atoms with Crippen LogP contribution < -0.4 is 0 Å². The van der Waals surface area contributed by atoms with Crippen LogP contribution in [0.25, 0.3) is 5.69 Å². The van der Waals surface area contributed by atoms with E-state index in [1.807, 2.05) is 39.8 Å². The zero-order valence-electron chi connectivity index (χ0n) is 17.9. The molecule has 2 heterocycles. The van der Waals surface area contributed by atoms with Crippen LogP contribution in [0.2, 0.25) is 0 Å². The summed E-state index contributed by atoms with van der Waals surface area (Å²) in [7, 11) is 0. The molecule has 2 atom stereocenters. The summed E-state index contributed by atoms with van der Waals surface area (Å²) in [5.74, 6) is 0.897. The van der Waals surface area contributed by atoms with E-state index in [-0.39, 0.29) is 23.8 Å². The maximum Gasteiger partial charge on any atom is 0.233 e. The molecule has 1 aliphatic rings. The highest BCUT2D eigenvalue weighted by molar-refractivity contribution is 7.99. The van der Waals surface area contributed by atoms with Crippen molar-refractivity contribution in [3.05, 3.63) is 71.8 Å². The van der Waals surface area contributed by atoms with Gasteiger partial charge in [0.25, 0.3) is 0 Å². The maximum atomic E-state index is 13.5. The van der Waals surface area contributed by atoms with Gasteiger partial charge >= 0.3 is 0 Å². The molecule has 1 fully saturated rings. The van der Waals surface area contributed by atoms with E-state index in [9.17, 15) is 9.18 Å². The lowest BCUT2D eigenvalue weighted by molar-refractivity contribution is -0.134. The molecule has 31 heavy (non-hydrogen) atoms. The fourth-order valence-electron chi connectivity index (χ4n) is 4.25. The molecule has 1 amide bonds. The molecule has 0 radical (unpaired) electrons. The smallest absolute Gasteiger partial charge is 0.233 e. The van der Waals surface area contributed by atoms with E-state index in [2.05, 4.69) is 24.0 Å². The van der Waals surface area contributed by atoms with Gasteiger partial charge in [-0.25, -0.2) is 4.39 Å². The van der Waals surface area contributed by atoms with Crippen molar-refractivity contribution in [1.82, 2.24) is 19.7 Å². The Balaban J connectivity index is 1.58. The van der Waals surface area contributed by atoms with Gasteiger partial charge in [0.05, 0.1) is 5.75 Å². The Morgan fingerprint density at radius 2 is 1.71 bits per heavy atom. The molecule has 2 aromatic carbocycles. The molecule has 3 aromatic rings. The topological polar surface area (TPSA) is 51.0 Å². The van der Waals surface area contributed by atoms with Gasteiger partial charge in [0, 0.05) is 24.2 Å². The monoisotopic (exact) mass is 438 g/mol. The molecule has 0 aliphatic carbocycles. The van der Waals surface area contributed by atoms with E-state index >= 15 is 0 Å². The van der Waals surface area contributed by atoms with Gasteiger partial charge < -0.3 is 4.90 Å². The summed E-state index contributed by atoms with van der Waals surface area (Å²) in [6, 6.07) is 16.9. The standard InChI is InChI=1S/C24H27FN4OS/c1-17-7-6-8-18(2)28(17)23(30)16-31-24-27-26-22(15-19-9-4-3-5-10-19)29(24)21-13-11-20(25)12-14-21/h3-5,9-14,17-18H,6-8,15-16H2,1-2H3/t17-,18-/m1/s1. The minimum atomic E-state index is -0.293. The van der Waals surface area contributed by atoms with Crippen LogP contribution in [0.3, 0.4) is 0 Å². The number of amides is 1. The molecule has 0 saturated carbocycles. The van der Waals surface area contributed by atoms with Gasteiger partial charge in [0.1, 0.15) is 11.6 Å². The third kappa shape index (κ3) is 4.98. The molecule has 1 saturated heterocycles. The van der Waals surface area contributed by atoms with Gasteiger partial charge in [-0.15, -0.1) is 10.2 Å². The number of rotatable bonds is 6. The van der Waals surface area contributed by atoms with Crippen LogP contribution in [-0.4, -0.2) is 43.4 Å². The average Bonchev–Trinajstić information content (AvgIpc) is 3.16. The van der Waals surface area contributed by atoms with Gasteiger partial charge in [-0.3, -0.25) is 9.36 Å². The van der Waals surface area contributed by atoms with E-state index in [1.54, 1.807) is 12.1 Å². The van der Waals surface area contributed by atoms with Gasteiger partial charge in [0.2, 0.25) is 5.91 Å². The molecule has 5 nitrogen and oxygen atoms in total. The van der Waals surface area contributed by atoms with Crippen molar-refractivity contribution in [2.24, 2.45) is 0 Å². The highest BCUT2D eigenvalue weighted by Gasteiger charge is 2.29. The largest absolute Gasteiger partial charge is 0.337 e. The summed E-state index contributed by atoms with van der Waals surface area (Å²) in [5, 5.41) is 9.42. The number of carbonyl (C=O) groups is 1. The van der Waals surface area contributed by atoms with Crippen LogP contribution in [0.5, 0.6) is 0 Å². The summed E-state index contributed by atoms with van der Waals surface area (Å²) in [6.07, 6.45) is 3.86. The minimum absolute atomic E-state index is 0.128. The SMILES string of the molecule is C[C@@H]1CCC[C@@H](C)N1C(=O)CSc1nnc(Cc2ccccc2)n1-c1ccc(F)cc1. The van der Waals surface area contributed by atoms with Gasteiger partial charge in [-0.1, -0.05) is 42.1 Å². The molecule has 1 aromatic heterocycles. The Morgan fingerprint density at radius 3 is 2.39 bits per heavy atom. The quantitative estimate of drug-likeness (QED) is 0.515. The number of thioether (sulfide) groups is 1. The maximum absolute atomic E-state index is 13.5. The predicted molar refractivity (Wildman–Crippen MR) is 121 cm³/mol. The Kier molecular flexibility index (Phi) is 6.70. The van der Waals surface area contributed by atoms with E-state index in [0.29, 0.717) is 17.3 Å². The number of benzene rings is 2. The number of hydrogen-bond acceptors (Lipinski definition) is 4. The molecule has 7 heteroatoms. The second kappa shape index (κ2) is 9.64. The summed E-state index contributed by atoms with van der Waals surface area (Å²) in [4.78, 5) is 15.0. The molecule has 0 unspecified atom stereocenters. The van der Waals surface area contributed by atoms with Crippen LogP contribution in [0, 0.1) is 5.82 Å². The van der Waals surface area contributed by atoms with Gasteiger partial charge in [-0.2, -0.15) is 0 Å². The Morgan fingerprint density at radius 1 is 1.03 bits per heavy atom. The lowest BCUT2D eigenvalue weighted by atomic mass is 9.98. The normalized spacial score (nSPS) is 18.9. The van der Waals surface area contributed by atoms with Crippen molar-refractivity contribution < 1.29 is 9.18 Å². The van der Waals surface area contributed by atoms with Crippen molar-refractivity contribution in [3.63, 3.8) is 0 Å². The Labute approximate surface area is 186 Å². The van der Waals surface area contributed by atoms with E-state index in [0.717, 1.165) is 29.9 Å². The van der Waals surface area contributed by atoms with E-state index < -0.39 is 0 Å². The van der Waals surface area contributed by atoms with Crippen molar-refractivity contribution in [1.29, 1.82) is 0 Å². The first-order chi connectivity index (χ1) is 15.0. The number of halogens is 1. The van der Waals surface area contributed by atoms with Crippen molar-refractivity contribution in [2.75, 3.05) is 5.75 Å². The second-order valence-corrected chi connectivity index (χ2v) is 9.03. The third-order valence-electron chi connectivity index (χ3n) is 5.80. The summed E-state index contributed by atoms with van der Waals surface area (Å²) >= 11 is 1.39. The zero-order chi connectivity index (χ0) is 21.8. The van der Waals surface area contributed by atoms with Crippen molar-refractivity contribution in [2.45, 2.75) is 56.8 Å². The zero-order valence-corrected chi connectivity index (χ0v) is 18.7. The summed E-state index contributed by atoms with van der Waals surface area (Å²) < 4.78 is 15.4. The van der Waals surface area contributed by atoms with Gasteiger partial charge in [-0.05, 0) is 62.9 Å². The van der Waals surface area contributed by atoms with Crippen molar-refractivity contribution in [3.8, 4) is 5.69 Å². The van der Waals surface area contributed by atoms with Crippen LogP contribution in [0.4, 0.5) is 4.39 Å². The Hall–Kier alpha value is -2.67. The number of likely N-dealkylation sites (tertiary alicyclic amines) is 1. The fourth-order valence-corrected chi connectivity index (χ4v) is 5.09. The molecular formula is C24H27FN4OS. The fraction of sp³-hybridized carbons (Fsp3) is 0.375. The van der Waals surface area contributed by atoms with Crippen LogP contribution in [0.15, 0.2) is 59.8 Å². The number of aromatic nitrogens is 3. The first-order valence-electron chi connectivity index (χ1n) is 10.7. The molecular weight excluding hydrogens is 411 g/mol. The third-order valence-corrected chi connectivity index (χ3v) is 6.71. The summed E-state index contributed by atoms with van der Waals surface area (Å²) in [5.41, 5.74) is 1.90. The highest BCUT2D eigenvalue weighted by Crippen LogP contribution is 2.27. The molecule has 0 spiro atoms. The molecule has 0 bridgehead atoms. The average molecular weight is 439 g/mol. The molecule has 4 rings (SSSR count). The lowest BCUT2D eigenvalue weighted by Gasteiger charge is -2.39. The number of hydrogen-bond donors (Lipinski definition) is 0. The molecule has 1 aliphatic heterocycles. The van der Waals surface area contributed by atoms with Crippen LogP contribution in [-0.2, 0) is 11.2 Å². The second-order valence-electron chi connectivity index (χ2n) is 8.09. The first-order valence-corrected chi connectivity index (χ1v) is 11.7. The van der Waals surface area contributed by atoms with Crippen LogP contribution >= 0.6 is 11.8 Å². The predicted octanol–water partition coefficient (Wildman–Crippen LogP) is 4.88. The number of piperidine rings is 1. The molecule has 162 valence electrons.